The molecule has 0 aliphatic carbocycles. The Kier molecular flexibility index (Phi) is 114. The van der Waals surface area contributed by atoms with Crippen molar-refractivity contribution in [2.75, 3.05) is 0 Å². The molecule has 0 N–H and O–H groups in total. The summed E-state index contributed by atoms with van der Waals surface area (Å²) in [6.45, 7) is 0. The SMILES string of the molecule is [Al].[Ca+2].[H-].[H-].[H-].[H-].[Mg+2].[Mn]. The Hall–Kier alpha value is 3.08. The molecule has 0 atom stereocenters. The van der Waals surface area contributed by atoms with E-state index in [1.165, 1.54) is 0 Å². The van der Waals surface area contributed by atoms with E-state index in [4.69, 9.17) is 0 Å². The molecule has 0 aliphatic heterocycles. The zero-order valence-corrected chi connectivity index (χ0v) is 8.33. The van der Waals surface area contributed by atoms with Crippen LogP contribution < -0.4 is 0 Å². The van der Waals surface area contributed by atoms with E-state index in [2.05, 4.69) is 0 Å². The van der Waals surface area contributed by atoms with E-state index < -0.39 is 0 Å². The molecule has 0 unspecified atom stereocenters. The Balaban J connectivity index is 0. The van der Waals surface area contributed by atoms with Crippen LogP contribution in [0.1, 0.15) is 5.71 Å². The standard InChI is InChI=1S/Al.Ca.Mg.Mn.4H/q;2*+2;;4*-1. The quantitative estimate of drug-likeness (QED) is 0.401. The van der Waals surface area contributed by atoms with Gasteiger partial charge in [-0.3, -0.25) is 0 Å². The fraction of sp³-hybridized carbons (Fsp3) is 0. The molecule has 4 radical (unpaired) electrons. The van der Waals surface area contributed by atoms with Crippen LogP contribution in [0.5, 0.6) is 0 Å². The molecule has 0 aliphatic rings. The van der Waals surface area contributed by atoms with Crippen LogP contribution in [-0.2, 0) is 17.1 Å². The van der Waals surface area contributed by atoms with Crippen LogP contribution in [0.3, 0.4) is 0 Å². The van der Waals surface area contributed by atoms with Gasteiger partial charge in [0, 0.05) is 34.4 Å². The molecular weight excluding hydrogens is 146 g/mol. The summed E-state index contributed by atoms with van der Waals surface area (Å²) in [6, 6.07) is 0. The number of rotatable bonds is 0. The summed E-state index contributed by atoms with van der Waals surface area (Å²) in [6.07, 6.45) is 0. The van der Waals surface area contributed by atoms with Gasteiger partial charge in [0.2, 0.25) is 0 Å². The summed E-state index contributed by atoms with van der Waals surface area (Å²) in [5.41, 5.74) is 0. The fourth-order valence-corrected chi connectivity index (χ4v) is 0. The molecule has 18 valence electrons. The van der Waals surface area contributed by atoms with E-state index in [0.717, 1.165) is 0 Å². The van der Waals surface area contributed by atoms with Crippen molar-refractivity contribution in [3.05, 3.63) is 0 Å². The predicted molar refractivity (Wildman–Crippen MR) is 21.7 cm³/mol. The average molecular weight is 150 g/mol. The van der Waals surface area contributed by atoms with Gasteiger partial charge in [0.25, 0.3) is 0 Å². The zero-order valence-electron chi connectivity index (χ0n) is 6.37. The smallest absolute Gasteiger partial charge is 1.00 e. The van der Waals surface area contributed by atoms with Gasteiger partial charge in [0.05, 0.1) is 0 Å². The summed E-state index contributed by atoms with van der Waals surface area (Å²) in [5, 5.41) is 0. The minimum absolute atomic E-state index is 0. The summed E-state index contributed by atoms with van der Waals surface area (Å²) in [7, 11) is 0. The van der Waals surface area contributed by atoms with Gasteiger partial charge in [-0.15, -0.1) is 0 Å². The third kappa shape index (κ3) is 8.91. The van der Waals surface area contributed by atoms with E-state index in [1.54, 1.807) is 0 Å². The molecule has 4 heavy (non-hydrogen) atoms. The van der Waals surface area contributed by atoms with Crippen LogP contribution in [0.25, 0.3) is 0 Å². The monoisotopic (exact) mass is 150 g/mol. The molecule has 0 amide bonds. The van der Waals surface area contributed by atoms with Crippen molar-refractivity contribution in [1.82, 2.24) is 0 Å². The van der Waals surface area contributed by atoms with Gasteiger partial charge in [-0.2, -0.15) is 0 Å². The second kappa shape index (κ2) is 16.5. The molecule has 0 saturated heterocycles. The van der Waals surface area contributed by atoms with E-state index >= 15 is 0 Å². The molecule has 0 heterocycles. The minimum Gasteiger partial charge on any atom is -1.00 e. The van der Waals surface area contributed by atoms with Gasteiger partial charge in [0.15, 0.2) is 0 Å². The molecule has 0 saturated carbocycles. The van der Waals surface area contributed by atoms with E-state index in [1.807, 2.05) is 0 Å². The third-order valence-corrected chi connectivity index (χ3v) is 0. The van der Waals surface area contributed by atoms with Crippen LogP contribution in [0.15, 0.2) is 0 Å². The van der Waals surface area contributed by atoms with Crippen LogP contribution in [0, 0.1) is 0 Å². The molecule has 4 heteroatoms. The van der Waals surface area contributed by atoms with Gasteiger partial charge < -0.3 is 5.71 Å². The first-order chi connectivity index (χ1) is 0. The summed E-state index contributed by atoms with van der Waals surface area (Å²) < 4.78 is 0. The van der Waals surface area contributed by atoms with Crippen LogP contribution in [0.4, 0.5) is 0 Å². The van der Waals surface area contributed by atoms with E-state index in [0.29, 0.717) is 0 Å². The molecule has 0 rings (SSSR count). The van der Waals surface area contributed by atoms with Crippen LogP contribution in [0.2, 0.25) is 0 Å². The largest absolute Gasteiger partial charge is 2.00 e. The molecule has 0 aromatic rings. The first kappa shape index (κ1) is 27.6. The van der Waals surface area contributed by atoms with Crippen molar-refractivity contribution >= 4 is 78.2 Å². The fourth-order valence-electron chi connectivity index (χ4n) is 0. The van der Waals surface area contributed by atoms with Crippen molar-refractivity contribution < 1.29 is 22.8 Å². The Bertz CT molecular complexity index is 16.0. The molecule has 0 bridgehead atoms. The Morgan fingerprint density at radius 2 is 1.25 bits per heavy atom. The maximum atomic E-state index is 0. The first-order valence-electron chi connectivity index (χ1n) is 0. The van der Waals surface area contributed by atoms with Crippen LogP contribution >= 0.6 is 0 Å². The summed E-state index contributed by atoms with van der Waals surface area (Å²) in [5.74, 6) is 0. The van der Waals surface area contributed by atoms with Gasteiger partial charge in [-0.05, 0) is 0 Å². The predicted octanol–water partition coefficient (Wildman–Crippen LogP) is -0.695. The molecular formula is H4AlCaMgMn. The summed E-state index contributed by atoms with van der Waals surface area (Å²) >= 11 is 0. The molecule has 0 spiro atoms. The minimum atomic E-state index is 0. The number of hydrogen-bond acceptors (Lipinski definition) is 0. The Morgan fingerprint density at radius 1 is 1.25 bits per heavy atom. The van der Waals surface area contributed by atoms with Crippen molar-refractivity contribution in [2.45, 2.75) is 0 Å². The topological polar surface area (TPSA) is 0 Å². The second-order valence-electron chi connectivity index (χ2n) is 0. The molecule has 0 fully saturated rings. The molecule has 0 aromatic heterocycles. The number of hydrogen-bond donors (Lipinski definition) is 0. The van der Waals surface area contributed by atoms with Crippen molar-refractivity contribution in [2.24, 2.45) is 0 Å². The average Bonchev–Trinajstić information content (AvgIpc) is 0. The van der Waals surface area contributed by atoms with Crippen molar-refractivity contribution in [3.8, 4) is 0 Å². The van der Waals surface area contributed by atoms with Crippen molar-refractivity contribution in [1.29, 1.82) is 0 Å². The molecule has 0 aromatic carbocycles. The van der Waals surface area contributed by atoms with Crippen molar-refractivity contribution in [3.63, 3.8) is 0 Å². The summed E-state index contributed by atoms with van der Waals surface area (Å²) in [4.78, 5) is 0. The van der Waals surface area contributed by atoms with E-state index in [9.17, 15) is 0 Å². The Morgan fingerprint density at radius 3 is 1.25 bits per heavy atom. The first-order valence-corrected chi connectivity index (χ1v) is 0. The van der Waals surface area contributed by atoms with Gasteiger partial charge in [-0.25, -0.2) is 0 Å². The Labute approximate surface area is 99.2 Å². The third-order valence-electron chi connectivity index (χ3n) is 0. The second-order valence-corrected chi connectivity index (χ2v) is 0. The van der Waals surface area contributed by atoms with Gasteiger partial charge in [-0.1, -0.05) is 0 Å². The van der Waals surface area contributed by atoms with Gasteiger partial charge >= 0.3 is 60.8 Å². The van der Waals surface area contributed by atoms with Gasteiger partial charge in [0.1, 0.15) is 0 Å². The van der Waals surface area contributed by atoms with E-state index in [-0.39, 0.29) is 101 Å². The maximum Gasteiger partial charge on any atom is 2.00 e. The normalized spacial score (nSPS) is 0. The zero-order chi connectivity index (χ0) is 0. The van der Waals surface area contributed by atoms with Crippen LogP contribution in [-0.4, -0.2) is 78.2 Å². The maximum absolute atomic E-state index is 0. The molecule has 0 nitrogen and oxygen atoms in total.